The molecule has 7 nitrogen and oxygen atoms in total. The Balaban J connectivity index is 1.31. The van der Waals surface area contributed by atoms with E-state index in [1.165, 1.54) is 23.6 Å². The lowest BCUT2D eigenvalue weighted by molar-refractivity contribution is 0.101. The monoisotopic (exact) mass is 486 g/mol. The minimum Gasteiger partial charge on any atom is -0.339 e. The van der Waals surface area contributed by atoms with Crippen molar-refractivity contribution in [1.82, 2.24) is 24.1 Å². The minimum atomic E-state index is -0.548. The van der Waals surface area contributed by atoms with Crippen molar-refractivity contribution in [1.29, 1.82) is 0 Å². The summed E-state index contributed by atoms with van der Waals surface area (Å²) in [6.07, 6.45) is 7.07. The molecule has 9 heteroatoms. The van der Waals surface area contributed by atoms with Gasteiger partial charge in [0.25, 0.3) is 5.91 Å². The Labute approximate surface area is 205 Å². The van der Waals surface area contributed by atoms with Gasteiger partial charge < -0.3 is 9.13 Å². The number of carbonyl (C=O) groups is 1. The molecule has 1 N–H and O–H groups in total. The molecule has 0 aliphatic carbocycles. The van der Waals surface area contributed by atoms with Gasteiger partial charge in [0.1, 0.15) is 5.69 Å². The fraction of sp³-hybridized carbons (Fsp3) is 0.154. The van der Waals surface area contributed by atoms with Crippen LogP contribution in [0.15, 0.2) is 78.8 Å². The van der Waals surface area contributed by atoms with E-state index in [-0.39, 0.29) is 5.91 Å². The van der Waals surface area contributed by atoms with E-state index in [1.807, 2.05) is 42.2 Å². The number of nitrogens with one attached hydrogen (secondary N) is 1. The van der Waals surface area contributed by atoms with Gasteiger partial charge in [-0.15, -0.1) is 11.3 Å². The lowest BCUT2D eigenvalue weighted by atomic mass is 10.1. The van der Waals surface area contributed by atoms with E-state index in [1.54, 1.807) is 29.0 Å². The summed E-state index contributed by atoms with van der Waals surface area (Å²) in [5.74, 6) is -0.827. The van der Waals surface area contributed by atoms with E-state index in [9.17, 15) is 9.18 Å². The molecule has 5 aromatic rings. The molecule has 0 aliphatic heterocycles. The van der Waals surface area contributed by atoms with Gasteiger partial charge in [-0.05, 0) is 49.7 Å². The zero-order chi connectivity index (χ0) is 24.4. The third-order valence-electron chi connectivity index (χ3n) is 5.58. The first-order valence-electron chi connectivity index (χ1n) is 11.1. The minimum absolute atomic E-state index is 0.279. The van der Waals surface area contributed by atoms with Gasteiger partial charge in [-0.25, -0.2) is 15.0 Å². The average molecular weight is 487 g/mol. The summed E-state index contributed by atoms with van der Waals surface area (Å²) in [7, 11) is 0. The molecule has 0 unspecified atom stereocenters. The Morgan fingerprint density at radius 1 is 1.09 bits per heavy atom. The highest BCUT2D eigenvalue weighted by Gasteiger charge is 2.15. The predicted molar refractivity (Wildman–Crippen MR) is 135 cm³/mol. The fourth-order valence-electron chi connectivity index (χ4n) is 3.73. The number of carbonyl (C=O) groups excluding carboxylic acids is 1. The number of aromatic nitrogens is 5. The van der Waals surface area contributed by atoms with Gasteiger partial charge in [-0.3, -0.25) is 10.1 Å². The van der Waals surface area contributed by atoms with Crippen molar-refractivity contribution in [2.75, 3.05) is 5.32 Å². The number of halogens is 1. The maximum absolute atomic E-state index is 13.4. The number of pyridine rings is 1. The van der Waals surface area contributed by atoms with Gasteiger partial charge in [-0.2, -0.15) is 4.39 Å². The zero-order valence-corrected chi connectivity index (χ0v) is 20.0. The number of hydrogen-bond donors (Lipinski definition) is 1. The summed E-state index contributed by atoms with van der Waals surface area (Å²) >= 11 is 1.36. The number of imidazole rings is 1. The number of rotatable bonds is 7. The summed E-state index contributed by atoms with van der Waals surface area (Å²) < 4.78 is 17.3. The number of hydrogen-bond acceptors (Lipinski definition) is 5. The number of amides is 1. The molecule has 176 valence electrons. The number of anilines is 1. The number of benzene rings is 1. The Morgan fingerprint density at radius 3 is 2.69 bits per heavy atom. The molecule has 1 amide bonds. The molecule has 5 rings (SSSR count). The normalized spacial score (nSPS) is 11.2. The van der Waals surface area contributed by atoms with E-state index in [4.69, 9.17) is 0 Å². The van der Waals surface area contributed by atoms with E-state index in [2.05, 4.69) is 38.7 Å². The molecule has 0 aliphatic rings. The van der Waals surface area contributed by atoms with Gasteiger partial charge in [0, 0.05) is 47.7 Å². The van der Waals surface area contributed by atoms with Gasteiger partial charge in [0.15, 0.2) is 5.13 Å². The third kappa shape index (κ3) is 5.04. The predicted octanol–water partition coefficient (Wildman–Crippen LogP) is 5.89. The van der Waals surface area contributed by atoms with Gasteiger partial charge in [0.05, 0.1) is 17.7 Å². The first-order chi connectivity index (χ1) is 17.0. The summed E-state index contributed by atoms with van der Waals surface area (Å²) in [5.41, 5.74) is 4.81. The van der Waals surface area contributed by atoms with E-state index in [0.29, 0.717) is 23.4 Å². The summed E-state index contributed by atoms with van der Waals surface area (Å²) in [6, 6.07) is 15.0. The number of thiazole rings is 1. The second kappa shape index (κ2) is 9.63. The van der Waals surface area contributed by atoms with Crippen molar-refractivity contribution >= 4 is 22.4 Å². The zero-order valence-electron chi connectivity index (χ0n) is 19.2. The quantitative estimate of drug-likeness (QED) is 0.291. The largest absolute Gasteiger partial charge is 0.339 e. The molecule has 0 saturated carbocycles. The Hall–Kier alpha value is -4.11. The van der Waals surface area contributed by atoms with Crippen LogP contribution in [0.5, 0.6) is 0 Å². The summed E-state index contributed by atoms with van der Waals surface area (Å²) in [4.78, 5) is 25.6. The second-order valence-corrected chi connectivity index (χ2v) is 9.24. The lowest BCUT2D eigenvalue weighted by Gasteiger charge is -2.09. The average Bonchev–Trinajstić information content (AvgIpc) is 3.60. The molecule has 4 aromatic heterocycles. The van der Waals surface area contributed by atoms with Crippen LogP contribution in [0.1, 0.15) is 35.9 Å². The smallest absolute Gasteiger partial charge is 0.274 e. The van der Waals surface area contributed by atoms with Gasteiger partial charge in [0.2, 0.25) is 5.95 Å². The standard InChI is InChI=1S/C26H23FN6OS/c1-17(2)33-14-21(29-16-33)19-5-3-6-20(12-19)22-15-35-26(30-22)31-25(34)23-7-4-10-32(23)13-18-8-9-28-24(27)11-18/h3-12,14-17H,13H2,1-2H3,(H,30,31,34). The van der Waals surface area contributed by atoms with Crippen LogP contribution in [0.3, 0.4) is 0 Å². The highest BCUT2D eigenvalue weighted by atomic mass is 32.1. The van der Waals surface area contributed by atoms with Gasteiger partial charge >= 0.3 is 0 Å². The van der Waals surface area contributed by atoms with Crippen molar-refractivity contribution in [3.05, 3.63) is 96.0 Å². The highest BCUT2D eigenvalue weighted by Crippen LogP contribution is 2.29. The van der Waals surface area contributed by atoms with E-state index in [0.717, 1.165) is 28.1 Å². The Bertz CT molecular complexity index is 1480. The van der Waals surface area contributed by atoms with Crippen LogP contribution < -0.4 is 5.32 Å². The molecule has 0 atom stereocenters. The summed E-state index contributed by atoms with van der Waals surface area (Å²) in [6.45, 7) is 4.59. The molecular formula is C26H23FN6OS. The third-order valence-corrected chi connectivity index (χ3v) is 6.34. The number of nitrogens with zero attached hydrogens (tertiary/aromatic N) is 5. The van der Waals surface area contributed by atoms with Crippen LogP contribution in [0, 0.1) is 5.95 Å². The van der Waals surface area contributed by atoms with Crippen molar-refractivity contribution < 1.29 is 9.18 Å². The van der Waals surface area contributed by atoms with Gasteiger partial charge in [-0.1, -0.05) is 18.2 Å². The molecular weight excluding hydrogens is 463 g/mol. The van der Waals surface area contributed by atoms with E-state index < -0.39 is 5.95 Å². The molecule has 35 heavy (non-hydrogen) atoms. The molecule has 0 spiro atoms. The van der Waals surface area contributed by atoms with Crippen LogP contribution in [0.25, 0.3) is 22.5 Å². The summed E-state index contributed by atoms with van der Waals surface area (Å²) in [5, 5.41) is 5.30. The van der Waals surface area contributed by atoms with Crippen LogP contribution in [0.2, 0.25) is 0 Å². The fourth-order valence-corrected chi connectivity index (χ4v) is 4.44. The highest BCUT2D eigenvalue weighted by molar-refractivity contribution is 7.14. The Kier molecular flexibility index (Phi) is 6.24. The SMILES string of the molecule is CC(C)n1cnc(-c2cccc(-c3csc(NC(=O)c4cccn4Cc4ccnc(F)c4)n3)c2)c1. The molecule has 0 radical (unpaired) electrons. The maximum atomic E-state index is 13.4. The second-order valence-electron chi connectivity index (χ2n) is 8.38. The van der Waals surface area contributed by atoms with Crippen molar-refractivity contribution in [2.24, 2.45) is 0 Å². The lowest BCUT2D eigenvalue weighted by Crippen LogP contribution is -2.17. The van der Waals surface area contributed by atoms with E-state index >= 15 is 0 Å². The van der Waals surface area contributed by atoms with Crippen molar-refractivity contribution in [2.45, 2.75) is 26.4 Å². The first kappa shape index (κ1) is 22.7. The van der Waals surface area contributed by atoms with Crippen LogP contribution in [0.4, 0.5) is 9.52 Å². The molecule has 0 bridgehead atoms. The Morgan fingerprint density at radius 2 is 1.91 bits per heavy atom. The molecule has 0 saturated heterocycles. The molecule has 0 fully saturated rings. The van der Waals surface area contributed by atoms with Crippen molar-refractivity contribution in [3.63, 3.8) is 0 Å². The topological polar surface area (TPSA) is 77.6 Å². The maximum Gasteiger partial charge on any atom is 0.274 e. The van der Waals surface area contributed by atoms with Crippen molar-refractivity contribution in [3.8, 4) is 22.5 Å². The first-order valence-corrected chi connectivity index (χ1v) is 12.0. The van der Waals surface area contributed by atoms with Crippen LogP contribution in [-0.2, 0) is 6.54 Å². The molecule has 4 heterocycles. The van der Waals surface area contributed by atoms with Crippen LogP contribution >= 0.6 is 11.3 Å². The molecule has 1 aromatic carbocycles. The van der Waals surface area contributed by atoms with Crippen LogP contribution in [-0.4, -0.2) is 30.0 Å².